The topological polar surface area (TPSA) is 75.0 Å². The van der Waals surface area contributed by atoms with E-state index in [0.717, 1.165) is 5.56 Å². The lowest BCUT2D eigenvalue weighted by molar-refractivity contribution is 0.0433. The van der Waals surface area contributed by atoms with E-state index in [4.69, 9.17) is 25.5 Å². The van der Waals surface area contributed by atoms with Gasteiger partial charge in [-0.25, -0.2) is 9.59 Å². The number of benzene rings is 2. The minimum atomic E-state index is -0.601. The number of methoxy groups -OCH3 is 1. The second-order valence-corrected chi connectivity index (χ2v) is 6.12. The quantitative estimate of drug-likeness (QED) is 0.537. The van der Waals surface area contributed by atoms with Crippen LogP contribution < -0.4 is 4.74 Å². The average molecular weight is 401 g/mol. The van der Waals surface area contributed by atoms with Gasteiger partial charge in [0.2, 0.25) is 5.76 Å². The van der Waals surface area contributed by atoms with E-state index in [-0.39, 0.29) is 24.5 Å². The molecule has 1 aromatic heterocycles. The molecule has 0 spiro atoms. The molecule has 0 aliphatic heterocycles. The number of esters is 2. The SMILES string of the molecule is COC(=O)c1ccc(COC(=O)c2ccccc2OCc2ccccc2Cl)o1. The second-order valence-electron chi connectivity index (χ2n) is 5.71. The van der Waals surface area contributed by atoms with Gasteiger partial charge in [0.15, 0.2) is 0 Å². The molecule has 0 aliphatic rings. The maximum atomic E-state index is 12.5. The molecule has 0 radical (unpaired) electrons. The number of carbonyl (C=O) groups excluding carboxylic acids is 2. The summed E-state index contributed by atoms with van der Waals surface area (Å²) in [4.78, 5) is 23.8. The van der Waals surface area contributed by atoms with Gasteiger partial charge in [-0.1, -0.05) is 41.9 Å². The van der Waals surface area contributed by atoms with Crippen LogP contribution in [0.1, 0.15) is 32.2 Å². The van der Waals surface area contributed by atoms with Crippen molar-refractivity contribution >= 4 is 23.5 Å². The van der Waals surface area contributed by atoms with E-state index >= 15 is 0 Å². The third kappa shape index (κ3) is 4.72. The molecular weight excluding hydrogens is 384 g/mol. The minimum absolute atomic E-state index is 0.0389. The average Bonchev–Trinajstić information content (AvgIpc) is 3.20. The van der Waals surface area contributed by atoms with Crippen LogP contribution in [0.4, 0.5) is 0 Å². The Labute approximate surface area is 166 Å². The first-order valence-corrected chi connectivity index (χ1v) is 8.75. The monoisotopic (exact) mass is 400 g/mol. The summed E-state index contributed by atoms with van der Waals surface area (Å²) in [6.45, 7) is 0.0827. The highest BCUT2D eigenvalue weighted by atomic mass is 35.5. The molecule has 1 heterocycles. The largest absolute Gasteiger partial charge is 0.488 e. The second kappa shape index (κ2) is 9.10. The summed E-state index contributed by atoms with van der Waals surface area (Å²) in [6, 6.07) is 17.0. The van der Waals surface area contributed by atoms with Gasteiger partial charge >= 0.3 is 11.9 Å². The zero-order chi connectivity index (χ0) is 19.9. The van der Waals surface area contributed by atoms with Crippen LogP contribution in [0.5, 0.6) is 5.75 Å². The van der Waals surface area contributed by atoms with Crippen molar-refractivity contribution in [3.63, 3.8) is 0 Å². The van der Waals surface area contributed by atoms with Crippen molar-refractivity contribution in [1.29, 1.82) is 0 Å². The number of rotatable bonds is 7. The van der Waals surface area contributed by atoms with Gasteiger partial charge in [0.05, 0.1) is 7.11 Å². The maximum Gasteiger partial charge on any atom is 0.373 e. The Kier molecular flexibility index (Phi) is 6.34. The Morgan fingerprint density at radius 1 is 0.929 bits per heavy atom. The van der Waals surface area contributed by atoms with Crippen molar-refractivity contribution in [2.45, 2.75) is 13.2 Å². The number of ether oxygens (including phenoxy) is 3. The van der Waals surface area contributed by atoms with Gasteiger partial charge in [0.25, 0.3) is 0 Å². The van der Waals surface area contributed by atoms with Gasteiger partial charge in [0.1, 0.15) is 30.3 Å². The molecule has 2 aromatic carbocycles. The number of furan rings is 1. The van der Waals surface area contributed by atoms with Crippen molar-refractivity contribution in [2.75, 3.05) is 7.11 Å². The highest BCUT2D eigenvalue weighted by Crippen LogP contribution is 2.23. The van der Waals surface area contributed by atoms with Gasteiger partial charge in [-0.3, -0.25) is 0 Å². The molecule has 144 valence electrons. The fourth-order valence-electron chi connectivity index (χ4n) is 2.41. The molecule has 28 heavy (non-hydrogen) atoms. The lowest BCUT2D eigenvalue weighted by Crippen LogP contribution is -2.08. The van der Waals surface area contributed by atoms with Crippen molar-refractivity contribution in [2.24, 2.45) is 0 Å². The summed E-state index contributed by atoms with van der Waals surface area (Å²) in [6.07, 6.45) is 0. The van der Waals surface area contributed by atoms with Crippen LogP contribution >= 0.6 is 11.6 Å². The first-order chi connectivity index (χ1) is 13.6. The molecule has 0 unspecified atom stereocenters. The van der Waals surface area contributed by atoms with E-state index in [9.17, 15) is 9.59 Å². The molecule has 0 bridgehead atoms. The van der Waals surface area contributed by atoms with Crippen molar-refractivity contribution < 1.29 is 28.2 Å². The molecule has 0 aliphatic carbocycles. The Balaban J connectivity index is 1.64. The van der Waals surface area contributed by atoms with Crippen molar-refractivity contribution in [3.05, 3.63) is 88.3 Å². The Morgan fingerprint density at radius 3 is 2.46 bits per heavy atom. The highest BCUT2D eigenvalue weighted by molar-refractivity contribution is 6.31. The Bertz CT molecular complexity index is 978. The molecule has 0 saturated carbocycles. The van der Waals surface area contributed by atoms with E-state index in [1.54, 1.807) is 36.4 Å². The summed E-state index contributed by atoms with van der Waals surface area (Å²) in [5.74, 6) is -0.441. The van der Waals surface area contributed by atoms with E-state index in [2.05, 4.69) is 4.74 Å². The molecule has 0 atom stereocenters. The summed E-state index contributed by atoms with van der Waals surface area (Å²) >= 11 is 6.13. The predicted molar refractivity (Wildman–Crippen MR) is 101 cm³/mol. The van der Waals surface area contributed by atoms with Crippen molar-refractivity contribution in [1.82, 2.24) is 0 Å². The van der Waals surface area contributed by atoms with Gasteiger partial charge in [-0.05, 0) is 30.3 Å². The van der Waals surface area contributed by atoms with Crippen LogP contribution in [0.2, 0.25) is 5.02 Å². The zero-order valence-electron chi connectivity index (χ0n) is 15.0. The lowest BCUT2D eigenvalue weighted by Gasteiger charge is -2.11. The van der Waals surface area contributed by atoms with Crippen LogP contribution in [0.15, 0.2) is 65.1 Å². The maximum absolute atomic E-state index is 12.5. The fourth-order valence-corrected chi connectivity index (χ4v) is 2.60. The molecule has 7 heteroatoms. The summed E-state index contributed by atoms with van der Waals surface area (Å²) in [5, 5.41) is 0.585. The van der Waals surface area contributed by atoms with Crippen molar-refractivity contribution in [3.8, 4) is 5.75 Å². The van der Waals surface area contributed by atoms with Crippen LogP contribution in [0.25, 0.3) is 0 Å². The first kappa shape index (κ1) is 19.5. The minimum Gasteiger partial charge on any atom is -0.488 e. The Morgan fingerprint density at radius 2 is 1.68 bits per heavy atom. The van der Waals surface area contributed by atoms with Gasteiger partial charge in [-0.2, -0.15) is 0 Å². The molecule has 0 saturated heterocycles. The highest BCUT2D eigenvalue weighted by Gasteiger charge is 2.16. The summed E-state index contributed by atoms with van der Waals surface area (Å²) in [5.41, 5.74) is 1.08. The molecular formula is C21H17ClO6. The summed E-state index contributed by atoms with van der Waals surface area (Å²) < 4.78 is 20.9. The van der Waals surface area contributed by atoms with Gasteiger partial charge in [-0.15, -0.1) is 0 Å². The zero-order valence-corrected chi connectivity index (χ0v) is 15.8. The standard InChI is InChI=1S/C21H17ClO6/c1-25-21(24)19-11-10-15(28-19)13-27-20(23)16-7-3-5-9-18(16)26-12-14-6-2-4-8-17(14)22/h2-11H,12-13H2,1H3. The Hall–Kier alpha value is -3.25. The third-order valence-electron chi connectivity index (χ3n) is 3.84. The van der Waals surface area contributed by atoms with E-state index in [1.165, 1.54) is 13.2 Å². The normalized spacial score (nSPS) is 10.4. The smallest absolute Gasteiger partial charge is 0.373 e. The van der Waals surface area contributed by atoms with Crippen LogP contribution in [0.3, 0.4) is 0 Å². The number of hydrogen-bond donors (Lipinski definition) is 0. The van der Waals surface area contributed by atoms with Gasteiger partial charge < -0.3 is 18.6 Å². The molecule has 6 nitrogen and oxygen atoms in total. The molecule has 0 fully saturated rings. The lowest BCUT2D eigenvalue weighted by atomic mass is 10.2. The van der Waals surface area contributed by atoms with E-state index in [1.807, 2.05) is 18.2 Å². The summed E-state index contributed by atoms with van der Waals surface area (Å²) in [7, 11) is 1.25. The van der Waals surface area contributed by atoms with Crippen LogP contribution in [-0.2, 0) is 22.7 Å². The van der Waals surface area contributed by atoms with Crippen LogP contribution in [0, 0.1) is 0 Å². The number of carbonyl (C=O) groups is 2. The molecule has 0 N–H and O–H groups in total. The predicted octanol–water partition coefficient (Wildman–Crippen LogP) is 4.66. The number of hydrogen-bond acceptors (Lipinski definition) is 6. The van der Waals surface area contributed by atoms with E-state index in [0.29, 0.717) is 16.5 Å². The fraction of sp³-hybridized carbons (Fsp3) is 0.143. The molecule has 0 amide bonds. The van der Waals surface area contributed by atoms with Gasteiger partial charge in [0, 0.05) is 10.6 Å². The van der Waals surface area contributed by atoms with E-state index < -0.39 is 11.9 Å². The molecule has 3 rings (SSSR count). The number of para-hydroxylation sites is 1. The first-order valence-electron chi connectivity index (χ1n) is 8.38. The molecule has 3 aromatic rings. The third-order valence-corrected chi connectivity index (χ3v) is 4.21. The number of halogens is 1. The van der Waals surface area contributed by atoms with Crippen LogP contribution in [-0.4, -0.2) is 19.0 Å².